The van der Waals surface area contributed by atoms with Crippen molar-refractivity contribution in [2.45, 2.75) is 51.6 Å². The van der Waals surface area contributed by atoms with E-state index in [1.807, 2.05) is 4.90 Å². The maximum Gasteiger partial charge on any atom is 0.263 e. The molecule has 0 saturated carbocycles. The summed E-state index contributed by atoms with van der Waals surface area (Å²) in [7, 11) is 0. The van der Waals surface area contributed by atoms with E-state index >= 15 is 0 Å². The first-order chi connectivity index (χ1) is 11.2. The molecule has 0 spiro atoms. The summed E-state index contributed by atoms with van der Waals surface area (Å²) in [5.41, 5.74) is 1.40. The Balaban J connectivity index is 1.53. The minimum absolute atomic E-state index is 0.180. The van der Waals surface area contributed by atoms with Crippen LogP contribution in [-0.2, 0) is 17.6 Å². The van der Waals surface area contributed by atoms with Gasteiger partial charge in [0.15, 0.2) is 0 Å². The van der Waals surface area contributed by atoms with Gasteiger partial charge >= 0.3 is 0 Å². The van der Waals surface area contributed by atoms with Crippen molar-refractivity contribution in [2.75, 3.05) is 26.3 Å². The lowest BCUT2D eigenvalue weighted by atomic mass is 9.90. The first-order valence-corrected chi connectivity index (χ1v) is 9.62. The first-order valence-electron chi connectivity index (χ1n) is 8.80. The van der Waals surface area contributed by atoms with Gasteiger partial charge < -0.3 is 14.7 Å². The van der Waals surface area contributed by atoms with Crippen LogP contribution in [0.5, 0.6) is 0 Å². The Morgan fingerprint density at radius 2 is 2.17 bits per heavy atom. The van der Waals surface area contributed by atoms with Gasteiger partial charge in [-0.05, 0) is 56.1 Å². The van der Waals surface area contributed by atoms with Gasteiger partial charge in [0.05, 0.1) is 11.0 Å². The number of fused-ring (bicyclic) bond motifs is 1. The standard InChI is InChI=1S/C18H27NO3S/c1-13-3-4-16-14(11-13)12-17(23-16)18(21)19-7-5-15(6-8-19)22-10-2-9-20/h12-13,15,20H,2-11H2,1H3. The Morgan fingerprint density at radius 3 is 2.91 bits per heavy atom. The number of hydrogen-bond acceptors (Lipinski definition) is 4. The molecule has 2 heterocycles. The van der Waals surface area contributed by atoms with Crippen LogP contribution in [0.3, 0.4) is 0 Å². The van der Waals surface area contributed by atoms with Crippen molar-refractivity contribution in [3.05, 3.63) is 21.4 Å². The molecule has 1 amide bonds. The quantitative estimate of drug-likeness (QED) is 0.841. The van der Waals surface area contributed by atoms with Crippen LogP contribution in [0.25, 0.3) is 0 Å². The van der Waals surface area contributed by atoms with Gasteiger partial charge in [-0.25, -0.2) is 0 Å². The van der Waals surface area contributed by atoms with E-state index in [4.69, 9.17) is 9.84 Å². The van der Waals surface area contributed by atoms with Crippen LogP contribution in [0.2, 0.25) is 0 Å². The van der Waals surface area contributed by atoms with E-state index < -0.39 is 0 Å². The molecule has 1 N–H and O–H groups in total. The molecule has 0 radical (unpaired) electrons. The smallest absolute Gasteiger partial charge is 0.263 e. The molecule has 1 aliphatic heterocycles. The molecule has 0 aromatic carbocycles. The van der Waals surface area contributed by atoms with Crippen LogP contribution in [0.15, 0.2) is 6.07 Å². The van der Waals surface area contributed by atoms with E-state index in [0.29, 0.717) is 13.0 Å². The van der Waals surface area contributed by atoms with Crippen molar-refractivity contribution in [1.29, 1.82) is 0 Å². The largest absolute Gasteiger partial charge is 0.396 e. The second kappa shape index (κ2) is 7.77. The third-order valence-electron chi connectivity index (χ3n) is 4.93. The molecule has 23 heavy (non-hydrogen) atoms. The van der Waals surface area contributed by atoms with Crippen LogP contribution in [0.4, 0.5) is 0 Å². The van der Waals surface area contributed by atoms with E-state index in [0.717, 1.165) is 49.6 Å². The number of rotatable bonds is 5. The van der Waals surface area contributed by atoms with E-state index in [9.17, 15) is 4.79 Å². The number of piperidine rings is 1. The van der Waals surface area contributed by atoms with E-state index in [2.05, 4.69) is 13.0 Å². The minimum atomic E-state index is 0.180. The average Bonchev–Trinajstić information content (AvgIpc) is 2.98. The minimum Gasteiger partial charge on any atom is -0.396 e. The fourth-order valence-electron chi connectivity index (χ4n) is 3.51. The number of ether oxygens (including phenoxy) is 1. The van der Waals surface area contributed by atoms with Crippen molar-refractivity contribution < 1.29 is 14.6 Å². The molecule has 128 valence electrons. The van der Waals surface area contributed by atoms with Crippen LogP contribution < -0.4 is 0 Å². The number of aliphatic hydroxyl groups excluding tert-OH is 1. The first kappa shape index (κ1) is 16.9. The lowest BCUT2D eigenvalue weighted by molar-refractivity contribution is 0.00409. The predicted molar refractivity (Wildman–Crippen MR) is 92.1 cm³/mol. The highest BCUT2D eigenvalue weighted by Crippen LogP contribution is 2.33. The summed E-state index contributed by atoms with van der Waals surface area (Å²) in [5.74, 6) is 0.942. The fourth-order valence-corrected chi connectivity index (χ4v) is 4.68. The van der Waals surface area contributed by atoms with Gasteiger partial charge in [-0.2, -0.15) is 0 Å². The summed E-state index contributed by atoms with van der Waals surface area (Å²) in [6, 6.07) is 2.14. The molecular weight excluding hydrogens is 310 g/mol. The van der Waals surface area contributed by atoms with Crippen molar-refractivity contribution in [3.8, 4) is 0 Å². The zero-order valence-electron chi connectivity index (χ0n) is 13.9. The lowest BCUT2D eigenvalue weighted by Crippen LogP contribution is -2.40. The number of hydrogen-bond donors (Lipinski definition) is 1. The van der Waals surface area contributed by atoms with Crippen LogP contribution in [-0.4, -0.2) is 48.3 Å². The predicted octanol–water partition coefficient (Wildman–Crippen LogP) is 2.88. The third-order valence-corrected chi connectivity index (χ3v) is 6.15. The zero-order valence-corrected chi connectivity index (χ0v) is 14.7. The van der Waals surface area contributed by atoms with Crippen LogP contribution in [0.1, 0.15) is 52.7 Å². The monoisotopic (exact) mass is 337 g/mol. The van der Waals surface area contributed by atoms with Crippen molar-refractivity contribution in [1.82, 2.24) is 4.90 Å². The maximum atomic E-state index is 12.7. The molecule has 0 bridgehead atoms. The van der Waals surface area contributed by atoms with Gasteiger partial charge in [0.25, 0.3) is 5.91 Å². The highest BCUT2D eigenvalue weighted by molar-refractivity contribution is 7.14. The average molecular weight is 337 g/mol. The number of aliphatic hydroxyl groups is 1. The Kier molecular flexibility index (Phi) is 5.72. The molecule has 1 atom stereocenters. The summed E-state index contributed by atoms with van der Waals surface area (Å²) in [5, 5.41) is 8.79. The second-order valence-electron chi connectivity index (χ2n) is 6.85. The van der Waals surface area contributed by atoms with Gasteiger partial charge in [0.2, 0.25) is 0 Å². The van der Waals surface area contributed by atoms with Gasteiger partial charge in [0, 0.05) is 31.2 Å². The Bertz CT molecular complexity index is 534. The Morgan fingerprint density at radius 1 is 1.39 bits per heavy atom. The topological polar surface area (TPSA) is 49.8 Å². The molecule has 3 rings (SSSR count). The van der Waals surface area contributed by atoms with E-state index in [1.54, 1.807) is 11.3 Å². The zero-order chi connectivity index (χ0) is 16.2. The summed E-state index contributed by atoms with van der Waals surface area (Å²) in [6.45, 7) is 4.65. The molecule has 4 nitrogen and oxygen atoms in total. The molecule has 1 saturated heterocycles. The third kappa shape index (κ3) is 4.14. The van der Waals surface area contributed by atoms with Gasteiger partial charge in [-0.3, -0.25) is 4.79 Å². The summed E-state index contributed by atoms with van der Waals surface area (Å²) in [6.07, 6.45) is 6.24. The lowest BCUT2D eigenvalue weighted by Gasteiger charge is -2.31. The SMILES string of the molecule is CC1CCc2sc(C(=O)N3CCC(OCCCO)CC3)cc2C1. The number of thiophene rings is 1. The normalized spacial score (nSPS) is 22.2. The highest BCUT2D eigenvalue weighted by Gasteiger charge is 2.27. The highest BCUT2D eigenvalue weighted by atomic mass is 32.1. The summed E-state index contributed by atoms with van der Waals surface area (Å²) < 4.78 is 5.74. The van der Waals surface area contributed by atoms with Gasteiger partial charge in [-0.15, -0.1) is 11.3 Å². The number of aryl methyl sites for hydroxylation is 1. The molecule has 5 heteroatoms. The summed E-state index contributed by atoms with van der Waals surface area (Å²) >= 11 is 1.71. The van der Waals surface area contributed by atoms with E-state index in [-0.39, 0.29) is 18.6 Å². The Labute approximate surface area is 142 Å². The molecule has 1 fully saturated rings. The summed E-state index contributed by atoms with van der Waals surface area (Å²) in [4.78, 5) is 17.1. The van der Waals surface area contributed by atoms with Crippen molar-refractivity contribution in [3.63, 3.8) is 0 Å². The van der Waals surface area contributed by atoms with Crippen LogP contribution >= 0.6 is 11.3 Å². The number of amides is 1. The second-order valence-corrected chi connectivity index (χ2v) is 7.98. The number of nitrogens with zero attached hydrogens (tertiary/aromatic N) is 1. The van der Waals surface area contributed by atoms with Gasteiger partial charge in [-0.1, -0.05) is 6.92 Å². The number of carbonyl (C=O) groups is 1. The number of likely N-dealkylation sites (tertiary alicyclic amines) is 1. The molecule has 1 aromatic rings. The molecule has 1 aliphatic carbocycles. The molecular formula is C18H27NO3S. The maximum absolute atomic E-state index is 12.7. The molecule has 1 aromatic heterocycles. The molecule has 1 unspecified atom stereocenters. The fraction of sp³-hybridized carbons (Fsp3) is 0.722. The van der Waals surface area contributed by atoms with Crippen molar-refractivity contribution in [2.24, 2.45) is 5.92 Å². The van der Waals surface area contributed by atoms with Gasteiger partial charge in [0.1, 0.15) is 0 Å². The Hall–Kier alpha value is -0.910. The number of carbonyl (C=O) groups excluding carboxylic acids is 1. The van der Waals surface area contributed by atoms with E-state index in [1.165, 1.54) is 16.9 Å². The van der Waals surface area contributed by atoms with Crippen molar-refractivity contribution >= 4 is 17.2 Å². The van der Waals surface area contributed by atoms with Crippen LogP contribution in [0, 0.1) is 5.92 Å². The molecule has 2 aliphatic rings.